The van der Waals surface area contributed by atoms with Gasteiger partial charge in [0.05, 0.1) is 28.6 Å². The van der Waals surface area contributed by atoms with Crippen molar-refractivity contribution >= 4 is 71.2 Å². The summed E-state index contributed by atoms with van der Waals surface area (Å²) in [6.07, 6.45) is 0. The third-order valence-electron chi connectivity index (χ3n) is 12.6. The first-order chi connectivity index (χ1) is 32.2. The third-order valence-corrected chi connectivity index (χ3v) is 12.6. The van der Waals surface area contributed by atoms with Crippen LogP contribution in [-0.4, -0.2) is 24.1 Å². The lowest BCUT2D eigenvalue weighted by Gasteiger charge is -2.14. The molecule has 4 heterocycles. The quantitative estimate of drug-likeness (QED) is 0.157. The normalized spacial score (nSPS) is 11.7. The van der Waals surface area contributed by atoms with Crippen LogP contribution >= 0.6 is 0 Å². The molecule has 4 aromatic heterocycles. The van der Waals surface area contributed by atoms with Crippen LogP contribution in [-0.2, 0) is 0 Å². The van der Waals surface area contributed by atoms with Crippen LogP contribution in [0.3, 0.4) is 0 Å². The number of para-hydroxylation sites is 3. The second-order valence-electron chi connectivity index (χ2n) is 16.3. The number of benzene rings is 9. The van der Waals surface area contributed by atoms with Crippen molar-refractivity contribution < 1.29 is 4.42 Å². The van der Waals surface area contributed by atoms with Gasteiger partial charge in [-0.1, -0.05) is 170 Å². The van der Waals surface area contributed by atoms with Gasteiger partial charge in [0, 0.05) is 54.7 Å². The van der Waals surface area contributed by atoms with Crippen LogP contribution in [0.2, 0.25) is 0 Å². The average Bonchev–Trinajstić information content (AvgIpc) is 4.04. The Balaban J connectivity index is 1.14. The Hall–Kier alpha value is -9.12. The molecule has 0 spiro atoms. The largest absolute Gasteiger partial charge is 0.455 e. The summed E-state index contributed by atoms with van der Waals surface area (Å²) in [4.78, 5) is 19.5. The van der Waals surface area contributed by atoms with Gasteiger partial charge >= 0.3 is 0 Å². The predicted octanol–water partition coefficient (Wildman–Crippen LogP) is 15.2. The van der Waals surface area contributed by atoms with Crippen LogP contribution in [0.5, 0.6) is 0 Å². The average molecular weight is 831 g/mol. The van der Waals surface area contributed by atoms with Crippen LogP contribution in [0, 0.1) is 6.57 Å². The van der Waals surface area contributed by atoms with Crippen molar-refractivity contribution in [3.63, 3.8) is 0 Å². The van der Waals surface area contributed by atoms with Crippen LogP contribution in [0.15, 0.2) is 211 Å². The number of fused-ring (bicyclic) bond motifs is 10. The standard InChI is InChI=1S/C58H34N6O/c1-59-41-29-27-36(28-30-41)39-19-14-20-40(33-39)57-60-56(38-17-6-3-7-18-38)61-58(62-57)64-51-25-12-9-22-44(51)47-32-31-46-43-21-8-11-24-50(43)63(53(46)54(47)64)42-34-48(37-15-4-2-5-16-37)55-49(35-42)45-23-10-13-26-52(45)65-55/h2-35H. The van der Waals surface area contributed by atoms with Gasteiger partial charge in [-0.2, -0.15) is 9.97 Å². The molecule has 0 N–H and O–H groups in total. The summed E-state index contributed by atoms with van der Waals surface area (Å²) < 4.78 is 11.3. The zero-order valence-electron chi connectivity index (χ0n) is 34.7. The lowest BCUT2D eigenvalue weighted by Crippen LogP contribution is -2.07. The van der Waals surface area contributed by atoms with Crippen molar-refractivity contribution in [1.29, 1.82) is 0 Å². The van der Waals surface area contributed by atoms with Gasteiger partial charge in [-0.15, -0.1) is 0 Å². The molecule has 0 bridgehead atoms. The van der Waals surface area contributed by atoms with Gasteiger partial charge in [-0.3, -0.25) is 4.57 Å². The molecule has 0 saturated heterocycles. The summed E-state index contributed by atoms with van der Waals surface area (Å²) >= 11 is 0. The molecule has 0 unspecified atom stereocenters. The van der Waals surface area contributed by atoms with Crippen LogP contribution in [0.4, 0.5) is 5.69 Å². The van der Waals surface area contributed by atoms with E-state index in [1.165, 1.54) is 0 Å². The van der Waals surface area contributed by atoms with E-state index in [1.807, 2.05) is 78.9 Å². The molecule has 0 radical (unpaired) electrons. The van der Waals surface area contributed by atoms with E-state index in [9.17, 15) is 0 Å². The molecule has 302 valence electrons. The Morgan fingerprint density at radius 1 is 0.400 bits per heavy atom. The first-order valence-electron chi connectivity index (χ1n) is 21.6. The molecule has 0 aliphatic rings. The Morgan fingerprint density at radius 3 is 1.68 bits per heavy atom. The summed E-state index contributed by atoms with van der Waals surface area (Å²) in [5.41, 5.74) is 13.3. The highest BCUT2D eigenvalue weighted by Gasteiger charge is 2.25. The molecule has 65 heavy (non-hydrogen) atoms. The Morgan fingerprint density at radius 2 is 0.969 bits per heavy atom. The van der Waals surface area contributed by atoms with E-state index >= 15 is 0 Å². The molecule has 0 amide bonds. The fraction of sp³-hybridized carbons (Fsp3) is 0. The number of furan rings is 1. The van der Waals surface area contributed by atoms with Crippen molar-refractivity contribution in [2.45, 2.75) is 0 Å². The van der Waals surface area contributed by atoms with Gasteiger partial charge in [0.1, 0.15) is 11.2 Å². The van der Waals surface area contributed by atoms with E-state index < -0.39 is 0 Å². The van der Waals surface area contributed by atoms with Gasteiger partial charge in [0.15, 0.2) is 17.3 Å². The molecule has 0 aliphatic heterocycles. The van der Waals surface area contributed by atoms with Crippen LogP contribution in [0.25, 0.3) is 127 Å². The summed E-state index contributed by atoms with van der Waals surface area (Å²) in [5, 5.41) is 6.55. The minimum atomic E-state index is 0.512. The zero-order chi connectivity index (χ0) is 43.0. The number of aromatic nitrogens is 5. The number of hydrogen-bond donors (Lipinski definition) is 0. The van der Waals surface area contributed by atoms with Gasteiger partial charge in [0.2, 0.25) is 5.95 Å². The number of rotatable bonds is 6. The van der Waals surface area contributed by atoms with Gasteiger partial charge in [-0.05, 0) is 53.1 Å². The van der Waals surface area contributed by atoms with Crippen molar-refractivity contribution in [3.8, 4) is 56.7 Å². The zero-order valence-corrected chi connectivity index (χ0v) is 34.7. The molecule has 7 nitrogen and oxygen atoms in total. The molecule has 13 rings (SSSR count). The second-order valence-corrected chi connectivity index (χ2v) is 16.3. The van der Waals surface area contributed by atoms with Crippen molar-refractivity contribution in [2.75, 3.05) is 0 Å². The minimum Gasteiger partial charge on any atom is -0.455 e. The number of hydrogen-bond acceptors (Lipinski definition) is 4. The highest BCUT2D eigenvalue weighted by Crippen LogP contribution is 2.44. The fourth-order valence-electron chi connectivity index (χ4n) is 9.63. The van der Waals surface area contributed by atoms with Gasteiger partial charge in [-0.25, -0.2) is 9.83 Å². The predicted molar refractivity (Wildman–Crippen MR) is 264 cm³/mol. The molecule has 0 atom stereocenters. The molecule has 0 aliphatic carbocycles. The lowest BCUT2D eigenvalue weighted by atomic mass is 10.0. The smallest absolute Gasteiger partial charge is 0.238 e. The fourth-order valence-corrected chi connectivity index (χ4v) is 9.63. The number of nitrogens with zero attached hydrogens (tertiary/aromatic N) is 6. The highest BCUT2D eigenvalue weighted by molar-refractivity contribution is 6.24. The van der Waals surface area contributed by atoms with E-state index in [2.05, 4.69) is 141 Å². The van der Waals surface area contributed by atoms with Crippen molar-refractivity contribution in [2.24, 2.45) is 0 Å². The summed E-state index contributed by atoms with van der Waals surface area (Å²) in [6, 6.07) is 71.1. The highest BCUT2D eigenvalue weighted by atomic mass is 16.3. The molecule has 0 saturated carbocycles. The first-order valence-corrected chi connectivity index (χ1v) is 21.6. The van der Waals surface area contributed by atoms with E-state index in [0.717, 1.165) is 105 Å². The van der Waals surface area contributed by atoms with Gasteiger partial charge in [0.25, 0.3) is 0 Å². The molecular formula is C58H34N6O. The molecule has 13 aromatic rings. The van der Waals surface area contributed by atoms with E-state index in [0.29, 0.717) is 23.3 Å². The van der Waals surface area contributed by atoms with Crippen molar-refractivity contribution in [3.05, 3.63) is 218 Å². The summed E-state index contributed by atoms with van der Waals surface area (Å²) in [7, 11) is 0. The third kappa shape index (κ3) is 5.78. The Bertz CT molecular complexity index is 4060. The van der Waals surface area contributed by atoms with Gasteiger partial charge < -0.3 is 8.98 Å². The van der Waals surface area contributed by atoms with Crippen molar-refractivity contribution in [1.82, 2.24) is 24.1 Å². The summed E-state index contributed by atoms with van der Waals surface area (Å²) in [6.45, 7) is 7.45. The Labute approximate surface area is 372 Å². The lowest BCUT2D eigenvalue weighted by molar-refractivity contribution is 0.670. The maximum absolute atomic E-state index is 7.45. The molecule has 7 heteroatoms. The Kier molecular flexibility index (Phi) is 8.14. The van der Waals surface area contributed by atoms with E-state index in [1.54, 1.807) is 0 Å². The van der Waals surface area contributed by atoms with Crippen LogP contribution < -0.4 is 0 Å². The summed E-state index contributed by atoms with van der Waals surface area (Å²) in [5.74, 6) is 1.63. The molecule has 9 aromatic carbocycles. The minimum absolute atomic E-state index is 0.512. The maximum atomic E-state index is 7.45. The second kappa shape index (κ2) is 14.5. The molecular weight excluding hydrogens is 797 g/mol. The molecule has 0 fully saturated rings. The maximum Gasteiger partial charge on any atom is 0.238 e. The first kappa shape index (κ1) is 36.5. The SMILES string of the molecule is [C-]#[N+]c1ccc(-c2cccc(-c3nc(-c4ccccc4)nc(-n4c5ccccc5c5ccc6c7ccccc7n(-c7cc(-c8ccccc8)c8oc9ccccc9c8c7)c6c54)n3)c2)cc1. The van der Waals surface area contributed by atoms with E-state index in [-0.39, 0.29) is 0 Å². The van der Waals surface area contributed by atoms with Crippen LogP contribution in [0.1, 0.15) is 0 Å². The monoisotopic (exact) mass is 830 g/mol. The van der Waals surface area contributed by atoms with E-state index in [4.69, 9.17) is 25.9 Å². The topological polar surface area (TPSA) is 66.0 Å².